The Morgan fingerprint density at radius 3 is 2.95 bits per heavy atom. The molecule has 1 fully saturated rings. The van der Waals surface area contributed by atoms with Crippen LogP contribution in [0.25, 0.3) is 0 Å². The van der Waals surface area contributed by atoms with Crippen LogP contribution in [-0.2, 0) is 0 Å². The summed E-state index contributed by atoms with van der Waals surface area (Å²) in [5, 5.41) is 17.4. The fraction of sp³-hybridized carbons (Fsp3) is 0.312. The maximum atomic E-state index is 11.6. The smallest absolute Gasteiger partial charge is 0.407 e. The number of likely N-dealkylation sites (tertiary alicyclic amines) is 1. The van der Waals surface area contributed by atoms with Crippen LogP contribution in [0.5, 0.6) is 0 Å². The highest BCUT2D eigenvalue weighted by atomic mass is 32.1. The van der Waals surface area contributed by atoms with E-state index in [2.05, 4.69) is 22.1 Å². The van der Waals surface area contributed by atoms with Gasteiger partial charge in [-0.3, -0.25) is 0 Å². The quantitative estimate of drug-likeness (QED) is 0.838. The fourth-order valence-electron chi connectivity index (χ4n) is 3.72. The van der Waals surface area contributed by atoms with Crippen molar-refractivity contribution in [2.45, 2.75) is 18.5 Å². The Kier molecular flexibility index (Phi) is 2.89. The van der Waals surface area contributed by atoms with E-state index in [0.717, 1.165) is 17.7 Å². The Morgan fingerprint density at radius 1 is 1.33 bits per heavy atom. The third-order valence-corrected chi connectivity index (χ3v) is 5.31. The van der Waals surface area contributed by atoms with Gasteiger partial charge in [-0.2, -0.15) is 11.3 Å². The number of nitrogens with zero attached hydrogens (tertiary/aromatic N) is 1. The summed E-state index contributed by atoms with van der Waals surface area (Å²) in [7, 11) is 0. The molecule has 108 valence electrons. The van der Waals surface area contributed by atoms with Gasteiger partial charge in [-0.1, -0.05) is 18.2 Å². The number of hydrogen-bond donors (Lipinski definition) is 2. The van der Waals surface area contributed by atoms with Crippen molar-refractivity contribution >= 4 is 23.1 Å². The summed E-state index contributed by atoms with van der Waals surface area (Å²) >= 11 is 1.69. The molecule has 5 heteroatoms. The number of benzene rings is 1. The van der Waals surface area contributed by atoms with Crippen molar-refractivity contribution in [2.24, 2.45) is 5.92 Å². The lowest BCUT2D eigenvalue weighted by Crippen LogP contribution is -2.36. The molecule has 4 nitrogen and oxygen atoms in total. The first-order chi connectivity index (χ1) is 10.3. The Labute approximate surface area is 127 Å². The first-order valence-corrected chi connectivity index (χ1v) is 8.07. The molecular formula is C16H16N2O2S. The summed E-state index contributed by atoms with van der Waals surface area (Å²) in [6, 6.07) is 10.4. The van der Waals surface area contributed by atoms with E-state index in [1.54, 1.807) is 16.2 Å². The number of carboxylic acid groups (broad SMARTS) is 1. The third-order valence-electron chi connectivity index (χ3n) is 4.61. The molecule has 3 unspecified atom stereocenters. The van der Waals surface area contributed by atoms with Gasteiger partial charge in [0, 0.05) is 18.2 Å². The zero-order valence-electron chi connectivity index (χ0n) is 11.4. The molecule has 2 N–H and O–H groups in total. The zero-order chi connectivity index (χ0) is 14.4. The molecule has 1 saturated heterocycles. The van der Waals surface area contributed by atoms with Crippen LogP contribution >= 0.6 is 11.3 Å². The Hall–Kier alpha value is -2.01. The lowest BCUT2D eigenvalue weighted by atomic mass is 9.81. The van der Waals surface area contributed by atoms with Gasteiger partial charge < -0.3 is 15.3 Å². The number of amides is 1. The molecule has 0 spiro atoms. The van der Waals surface area contributed by atoms with Crippen molar-refractivity contribution in [3.05, 3.63) is 52.2 Å². The van der Waals surface area contributed by atoms with Gasteiger partial charge in [-0.05, 0) is 40.4 Å². The van der Waals surface area contributed by atoms with Gasteiger partial charge in [-0.25, -0.2) is 4.79 Å². The number of thiophene rings is 1. The highest BCUT2D eigenvalue weighted by molar-refractivity contribution is 7.08. The molecule has 21 heavy (non-hydrogen) atoms. The Balaban J connectivity index is 1.82. The third kappa shape index (κ3) is 1.92. The minimum Gasteiger partial charge on any atom is -0.465 e. The largest absolute Gasteiger partial charge is 0.465 e. The van der Waals surface area contributed by atoms with Crippen LogP contribution in [0.4, 0.5) is 10.5 Å². The van der Waals surface area contributed by atoms with Gasteiger partial charge in [0.2, 0.25) is 0 Å². The van der Waals surface area contributed by atoms with E-state index in [9.17, 15) is 9.90 Å². The number of anilines is 1. The number of carbonyl (C=O) groups is 1. The molecule has 2 aliphatic heterocycles. The van der Waals surface area contributed by atoms with Crippen molar-refractivity contribution < 1.29 is 9.90 Å². The van der Waals surface area contributed by atoms with Gasteiger partial charge in [0.1, 0.15) is 0 Å². The van der Waals surface area contributed by atoms with Gasteiger partial charge in [0.15, 0.2) is 0 Å². The molecule has 0 bridgehead atoms. The van der Waals surface area contributed by atoms with Crippen LogP contribution in [0.3, 0.4) is 0 Å². The lowest BCUT2D eigenvalue weighted by Gasteiger charge is -2.38. The fourth-order valence-corrected chi connectivity index (χ4v) is 4.42. The predicted molar refractivity (Wildman–Crippen MR) is 82.7 cm³/mol. The first kappa shape index (κ1) is 12.7. The van der Waals surface area contributed by atoms with Gasteiger partial charge in [-0.15, -0.1) is 0 Å². The van der Waals surface area contributed by atoms with Crippen LogP contribution in [0, 0.1) is 5.92 Å². The van der Waals surface area contributed by atoms with E-state index in [1.165, 1.54) is 5.56 Å². The zero-order valence-corrected chi connectivity index (χ0v) is 12.2. The summed E-state index contributed by atoms with van der Waals surface area (Å²) in [6.07, 6.45) is 0.0852. The van der Waals surface area contributed by atoms with E-state index in [0.29, 0.717) is 12.5 Å². The highest BCUT2D eigenvalue weighted by Crippen LogP contribution is 2.51. The summed E-state index contributed by atoms with van der Waals surface area (Å²) in [5.74, 6) is 0.297. The molecule has 0 radical (unpaired) electrons. The molecule has 2 aromatic rings. The number of para-hydroxylation sites is 1. The van der Waals surface area contributed by atoms with Crippen molar-refractivity contribution in [3.8, 4) is 0 Å². The van der Waals surface area contributed by atoms with E-state index >= 15 is 0 Å². The highest BCUT2D eigenvalue weighted by Gasteiger charge is 2.46. The second kappa shape index (κ2) is 4.77. The SMILES string of the molecule is O=C(O)N1CCC2C(c3ccsc3)Nc3ccccc3C21. The maximum absolute atomic E-state index is 11.6. The molecule has 1 aromatic carbocycles. The minimum absolute atomic E-state index is 0.0372. The number of rotatable bonds is 1. The number of nitrogens with one attached hydrogen (secondary N) is 1. The van der Waals surface area contributed by atoms with Crippen LogP contribution in [-0.4, -0.2) is 22.6 Å². The summed E-state index contributed by atoms with van der Waals surface area (Å²) < 4.78 is 0. The Morgan fingerprint density at radius 2 is 2.19 bits per heavy atom. The van der Waals surface area contributed by atoms with Crippen molar-refractivity contribution in [2.75, 3.05) is 11.9 Å². The van der Waals surface area contributed by atoms with Crippen molar-refractivity contribution in [3.63, 3.8) is 0 Å². The average molecular weight is 300 g/mol. The molecular weight excluding hydrogens is 284 g/mol. The molecule has 4 rings (SSSR count). The van der Waals surface area contributed by atoms with E-state index in [1.807, 2.05) is 24.3 Å². The topological polar surface area (TPSA) is 52.6 Å². The monoisotopic (exact) mass is 300 g/mol. The second-order valence-corrected chi connectivity index (χ2v) is 6.42. The van der Waals surface area contributed by atoms with Crippen LogP contribution in [0.15, 0.2) is 41.1 Å². The molecule has 2 aliphatic rings. The van der Waals surface area contributed by atoms with Crippen molar-refractivity contribution in [1.82, 2.24) is 4.90 Å². The average Bonchev–Trinajstić information content (AvgIpc) is 3.16. The second-order valence-electron chi connectivity index (χ2n) is 5.64. The summed E-state index contributed by atoms with van der Waals surface area (Å²) in [5.41, 5.74) is 3.42. The molecule has 3 atom stereocenters. The predicted octanol–water partition coefficient (Wildman–Crippen LogP) is 3.96. The Bertz CT molecular complexity index is 671. The summed E-state index contributed by atoms with van der Waals surface area (Å²) in [4.78, 5) is 13.2. The molecule has 0 saturated carbocycles. The minimum atomic E-state index is -0.816. The van der Waals surface area contributed by atoms with Gasteiger partial charge >= 0.3 is 6.09 Å². The van der Waals surface area contributed by atoms with E-state index < -0.39 is 6.09 Å². The molecule has 1 amide bonds. The van der Waals surface area contributed by atoms with Crippen LogP contribution in [0.2, 0.25) is 0 Å². The standard InChI is InChI=1S/C16H16N2O2S/c19-16(20)18-7-5-12-14(10-6-8-21-9-10)17-13-4-2-1-3-11(13)15(12)18/h1-4,6,8-9,12,14-15,17H,5,7H2,(H,19,20). The van der Waals surface area contributed by atoms with E-state index in [4.69, 9.17) is 0 Å². The van der Waals surface area contributed by atoms with Gasteiger partial charge in [0.25, 0.3) is 0 Å². The maximum Gasteiger partial charge on any atom is 0.407 e. The van der Waals surface area contributed by atoms with E-state index in [-0.39, 0.29) is 12.1 Å². The first-order valence-electron chi connectivity index (χ1n) is 7.13. The summed E-state index contributed by atoms with van der Waals surface area (Å²) in [6.45, 7) is 0.612. The number of fused-ring (bicyclic) bond motifs is 3. The normalized spacial score (nSPS) is 26.9. The molecule has 1 aromatic heterocycles. The van der Waals surface area contributed by atoms with Gasteiger partial charge in [0.05, 0.1) is 12.1 Å². The van der Waals surface area contributed by atoms with Crippen LogP contribution in [0.1, 0.15) is 29.6 Å². The molecule has 3 heterocycles. The number of hydrogen-bond acceptors (Lipinski definition) is 3. The van der Waals surface area contributed by atoms with Crippen LogP contribution < -0.4 is 5.32 Å². The molecule has 0 aliphatic carbocycles. The lowest BCUT2D eigenvalue weighted by molar-refractivity contribution is 0.132. The van der Waals surface area contributed by atoms with Crippen molar-refractivity contribution in [1.29, 1.82) is 0 Å².